The quantitative estimate of drug-likeness (QED) is 0.150. The molecule has 288 valence electrons. The molecule has 10 rings (SSSR count). The fourth-order valence-electron chi connectivity index (χ4n) is 7.53. The highest BCUT2D eigenvalue weighted by molar-refractivity contribution is 7.88. The predicted octanol–water partition coefficient (Wildman–Crippen LogP) is 6.57. The summed E-state index contributed by atoms with van der Waals surface area (Å²) in [6, 6.07) is 5.88. The van der Waals surface area contributed by atoms with E-state index in [2.05, 4.69) is 20.2 Å². The van der Waals surface area contributed by atoms with Gasteiger partial charge in [-0.3, -0.25) is 17.8 Å². The number of fused-ring (bicyclic) bond motifs is 2. The molecule has 2 fully saturated rings. The predicted molar refractivity (Wildman–Crippen MR) is 225 cm³/mol. The van der Waals surface area contributed by atoms with Crippen LogP contribution in [-0.2, 0) is 42.1 Å². The maximum absolute atomic E-state index is 14.1. The summed E-state index contributed by atoms with van der Waals surface area (Å²) in [5.41, 5.74) is 20.9. The lowest BCUT2D eigenvalue weighted by Gasteiger charge is -2.33. The highest BCUT2D eigenvalue weighted by Crippen LogP contribution is 2.47. The molecular formula is C39H36N12O2S4. The van der Waals surface area contributed by atoms with Crippen molar-refractivity contribution in [2.75, 3.05) is 11.5 Å². The Morgan fingerprint density at radius 3 is 1.95 bits per heavy atom. The van der Waals surface area contributed by atoms with Crippen LogP contribution in [0.4, 0.5) is 11.4 Å². The molecular weight excluding hydrogens is 797 g/mol. The Bertz CT molecular complexity index is 2870. The van der Waals surface area contributed by atoms with E-state index in [1.165, 1.54) is 29.0 Å². The molecule has 0 bridgehead atoms. The monoisotopic (exact) mass is 832 g/mol. The first-order valence-electron chi connectivity index (χ1n) is 18.5. The van der Waals surface area contributed by atoms with Crippen molar-refractivity contribution in [3.8, 4) is 44.9 Å². The second-order valence-electron chi connectivity index (χ2n) is 14.7. The van der Waals surface area contributed by atoms with Crippen molar-refractivity contribution in [3.63, 3.8) is 0 Å². The lowest BCUT2D eigenvalue weighted by molar-refractivity contribution is 0.316. The fraction of sp³-hybridized carbons (Fsp3) is 0.282. The van der Waals surface area contributed by atoms with E-state index in [0.717, 1.165) is 87.0 Å². The van der Waals surface area contributed by atoms with Gasteiger partial charge in [-0.25, -0.2) is 29.9 Å². The molecule has 2 saturated carbocycles. The van der Waals surface area contributed by atoms with Crippen molar-refractivity contribution < 1.29 is 8.42 Å². The van der Waals surface area contributed by atoms with Crippen LogP contribution < -0.4 is 11.5 Å². The number of hydrogen-bond donors (Lipinski definition) is 2. The van der Waals surface area contributed by atoms with Crippen LogP contribution in [0, 0.1) is 5.92 Å². The first-order chi connectivity index (χ1) is 27.7. The van der Waals surface area contributed by atoms with Crippen LogP contribution in [0.5, 0.6) is 0 Å². The van der Waals surface area contributed by atoms with Crippen molar-refractivity contribution in [3.05, 3.63) is 73.7 Å². The van der Waals surface area contributed by atoms with Crippen molar-refractivity contribution in [2.24, 2.45) is 20.0 Å². The molecule has 8 heterocycles. The molecule has 8 aromatic rings. The largest absolute Gasteiger partial charge is 0.396 e. The van der Waals surface area contributed by atoms with Gasteiger partial charge in [0.05, 0.1) is 56.3 Å². The Hall–Kier alpha value is -5.30. The minimum Gasteiger partial charge on any atom is -0.396 e. The third-order valence-electron chi connectivity index (χ3n) is 10.9. The Labute approximate surface area is 339 Å². The van der Waals surface area contributed by atoms with Gasteiger partial charge in [-0.1, -0.05) is 6.42 Å². The number of hydrogen-bond acceptors (Lipinski definition) is 14. The number of nitrogens with zero attached hydrogens (tertiary/aromatic N) is 10. The van der Waals surface area contributed by atoms with Crippen LogP contribution in [-0.4, -0.2) is 68.4 Å². The van der Waals surface area contributed by atoms with Gasteiger partial charge in [0.1, 0.15) is 30.2 Å². The summed E-state index contributed by atoms with van der Waals surface area (Å²) in [4.78, 5) is 29.2. The number of anilines is 2. The Kier molecular flexibility index (Phi) is 9.03. The molecule has 57 heavy (non-hydrogen) atoms. The summed E-state index contributed by atoms with van der Waals surface area (Å²) >= 11 is 2.79. The van der Waals surface area contributed by atoms with Crippen molar-refractivity contribution in [1.82, 2.24) is 49.5 Å². The van der Waals surface area contributed by atoms with Crippen LogP contribution in [0.1, 0.15) is 37.9 Å². The minimum absolute atomic E-state index is 0.0338. The number of nitrogens with two attached hydrogens (primary N) is 2. The maximum atomic E-state index is 14.1. The number of rotatable bonds is 10. The Balaban J connectivity index is 0.876. The van der Waals surface area contributed by atoms with Gasteiger partial charge in [0.2, 0.25) is 0 Å². The molecule has 2 unspecified atom stereocenters. The van der Waals surface area contributed by atoms with Gasteiger partial charge in [-0.15, -0.1) is 22.7 Å². The van der Waals surface area contributed by atoms with E-state index < -0.39 is 21.6 Å². The SMILES string of the molecule is Cn1cc(-c2cc(-c3cnc(CC4CC(S(=O)c5sc6nc(-c7cncnc7)cc(-c7ccn(C)n7)c6c5N)C4)nc3)nc3sc(S(=O)C4CCC4)c(N)c23)cn1. The summed E-state index contributed by atoms with van der Waals surface area (Å²) in [5.74, 6) is 1.02. The molecule has 0 aliphatic heterocycles. The van der Waals surface area contributed by atoms with Crippen molar-refractivity contribution in [2.45, 2.75) is 57.4 Å². The van der Waals surface area contributed by atoms with Crippen LogP contribution in [0.25, 0.3) is 65.3 Å². The third-order valence-corrected chi connectivity index (χ3v) is 17.4. The standard InChI is InChI=1S/C39H36N12O2S4/c1-50-7-6-28(49-50)27-12-30(21-13-42-19-43-14-21)48-37-33(27)35(41)39(55-37)57(53)25-8-20(9-25)10-31-44-15-22(16-45-31)29-11-26(23-17-46-51(2)18-23)32-34(40)38(54-36(32)47-29)56(52)24-4-3-5-24/h6-7,11-20,24-25H,3-5,8-10,40-41H2,1-2H3. The van der Waals surface area contributed by atoms with Crippen LogP contribution in [0.3, 0.4) is 0 Å². The number of pyridine rings is 2. The zero-order valence-corrected chi connectivity index (χ0v) is 34.2. The van der Waals surface area contributed by atoms with E-state index in [1.807, 2.05) is 57.1 Å². The fourth-order valence-corrected chi connectivity index (χ4v) is 14.1. The maximum Gasteiger partial charge on any atom is 0.128 e. The summed E-state index contributed by atoms with van der Waals surface area (Å²) in [7, 11) is 1.27. The summed E-state index contributed by atoms with van der Waals surface area (Å²) in [6.07, 6.45) is 19.4. The lowest BCUT2D eigenvalue weighted by Crippen LogP contribution is -2.34. The molecule has 2 aliphatic carbocycles. The van der Waals surface area contributed by atoms with Gasteiger partial charge < -0.3 is 11.5 Å². The number of aryl methyl sites for hydroxylation is 2. The highest BCUT2D eigenvalue weighted by atomic mass is 32.2. The minimum atomic E-state index is -1.31. The molecule has 8 aromatic heterocycles. The molecule has 0 spiro atoms. The van der Waals surface area contributed by atoms with Crippen molar-refractivity contribution in [1.29, 1.82) is 0 Å². The number of aromatic nitrogens is 10. The van der Waals surface area contributed by atoms with E-state index in [1.54, 1.807) is 28.0 Å². The molecule has 2 aliphatic rings. The van der Waals surface area contributed by atoms with Gasteiger partial charge >= 0.3 is 0 Å². The van der Waals surface area contributed by atoms with E-state index in [0.29, 0.717) is 48.4 Å². The van der Waals surface area contributed by atoms with E-state index in [4.69, 9.17) is 31.4 Å². The Morgan fingerprint density at radius 1 is 0.754 bits per heavy atom. The first-order valence-corrected chi connectivity index (χ1v) is 22.6. The number of nitrogen functional groups attached to an aromatic ring is 2. The lowest BCUT2D eigenvalue weighted by atomic mass is 9.82. The normalized spacial score (nSPS) is 18.1. The summed E-state index contributed by atoms with van der Waals surface area (Å²) in [6.45, 7) is 0. The number of thiophene rings is 2. The summed E-state index contributed by atoms with van der Waals surface area (Å²) in [5, 5.41) is 10.7. The van der Waals surface area contributed by atoms with E-state index >= 15 is 0 Å². The second kappa shape index (κ2) is 14.3. The molecule has 0 amide bonds. The zero-order valence-electron chi connectivity index (χ0n) is 30.9. The van der Waals surface area contributed by atoms with Gasteiger partial charge in [0.15, 0.2) is 0 Å². The highest BCUT2D eigenvalue weighted by Gasteiger charge is 2.37. The third kappa shape index (κ3) is 6.43. The average molecular weight is 833 g/mol. The Morgan fingerprint density at radius 2 is 1.37 bits per heavy atom. The van der Waals surface area contributed by atoms with Crippen molar-refractivity contribution >= 4 is 76.1 Å². The van der Waals surface area contributed by atoms with Gasteiger partial charge in [-0.05, 0) is 55.4 Å². The van der Waals surface area contributed by atoms with Crippen LogP contribution >= 0.6 is 22.7 Å². The zero-order chi connectivity index (χ0) is 38.9. The molecule has 2 atom stereocenters. The first kappa shape index (κ1) is 36.1. The van der Waals surface area contributed by atoms with Gasteiger partial charge in [-0.2, -0.15) is 10.2 Å². The molecule has 0 aromatic carbocycles. The smallest absolute Gasteiger partial charge is 0.128 e. The van der Waals surface area contributed by atoms with Crippen LogP contribution in [0.2, 0.25) is 0 Å². The summed E-state index contributed by atoms with van der Waals surface area (Å²) < 4.78 is 32.3. The molecule has 14 nitrogen and oxygen atoms in total. The topological polar surface area (TPSA) is 199 Å². The molecule has 0 saturated heterocycles. The van der Waals surface area contributed by atoms with Gasteiger partial charge in [0, 0.05) is 101 Å². The average Bonchev–Trinajstić information content (AvgIpc) is 3.97. The molecule has 4 N–H and O–H groups in total. The second-order valence-corrected chi connectivity index (χ2v) is 20.5. The molecule has 18 heteroatoms. The van der Waals surface area contributed by atoms with E-state index in [9.17, 15) is 8.42 Å². The van der Waals surface area contributed by atoms with E-state index in [-0.39, 0.29) is 10.5 Å². The van der Waals surface area contributed by atoms with Gasteiger partial charge in [0.25, 0.3) is 0 Å². The van der Waals surface area contributed by atoms with Crippen LogP contribution in [0.15, 0.2) is 76.3 Å². The molecule has 0 radical (unpaired) electrons.